The van der Waals surface area contributed by atoms with Gasteiger partial charge in [0.2, 0.25) is 0 Å². The van der Waals surface area contributed by atoms with Crippen molar-refractivity contribution < 1.29 is 28.7 Å². The number of non-ortho nitro benzene ring substituents is 1. The quantitative estimate of drug-likeness (QED) is 0.339. The number of hydrogen-bond donors (Lipinski definition) is 1. The first kappa shape index (κ1) is 21.2. The van der Waals surface area contributed by atoms with Crippen LogP contribution in [-0.4, -0.2) is 28.4 Å². The van der Waals surface area contributed by atoms with Crippen molar-refractivity contribution in [1.29, 1.82) is 0 Å². The topological polar surface area (TPSA) is 117 Å². The maximum atomic E-state index is 11.8. The van der Waals surface area contributed by atoms with Gasteiger partial charge in [0.15, 0.2) is 0 Å². The Bertz CT molecular complexity index is 822. The molecule has 1 aromatic carbocycles. The van der Waals surface area contributed by atoms with E-state index < -0.39 is 28.4 Å². The average molecular weight is 392 g/mol. The number of nitrogens with zero attached hydrogens (tertiary/aromatic N) is 1. The third-order valence-corrected chi connectivity index (χ3v) is 3.73. The smallest absolute Gasteiger partial charge is 0.428 e. The van der Waals surface area contributed by atoms with Crippen LogP contribution in [0, 0.1) is 10.1 Å². The number of anilines is 1. The Hall–Kier alpha value is -3.10. The largest absolute Gasteiger partial charge is 0.519 e. The van der Waals surface area contributed by atoms with Crippen molar-refractivity contribution in [3.05, 3.63) is 45.6 Å². The predicted molar refractivity (Wildman–Crippen MR) is 101 cm³/mol. The van der Waals surface area contributed by atoms with Gasteiger partial charge in [0, 0.05) is 36.4 Å². The second-order valence-corrected chi connectivity index (χ2v) is 8.01. The summed E-state index contributed by atoms with van der Waals surface area (Å²) in [5, 5.41) is 14.0. The highest BCUT2D eigenvalue weighted by Crippen LogP contribution is 2.32. The maximum absolute atomic E-state index is 11.8. The fourth-order valence-electron chi connectivity index (χ4n) is 2.50. The molecule has 152 valence electrons. The molecule has 1 N–H and O–H groups in total. The van der Waals surface area contributed by atoms with Crippen LogP contribution >= 0.6 is 0 Å². The van der Waals surface area contributed by atoms with Gasteiger partial charge < -0.3 is 19.5 Å². The number of carbonyl (C=O) groups excluding carboxylic acids is 2. The molecule has 2 rings (SSSR count). The first-order chi connectivity index (χ1) is 12.8. The first-order valence-electron chi connectivity index (χ1n) is 8.72. The SMILES string of the molecule is CC(C)(C)OC(=O)OC(=O)OC(C)(C)CC=C1Cc2cc([N+](=O)[O-])ccc2N1. The molecule has 0 spiro atoms. The third kappa shape index (κ3) is 6.26. The van der Waals surface area contributed by atoms with Crippen molar-refractivity contribution in [2.75, 3.05) is 5.32 Å². The molecule has 0 aliphatic carbocycles. The molecule has 1 aliphatic heterocycles. The van der Waals surface area contributed by atoms with Gasteiger partial charge in [0.25, 0.3) is 5.69 Å². The van der Waals surface area contributed by atoms with Crippen molar-refractivity contribution in [2.45, 2.75) is 58.7 Å². The Kier molecular flexibility index (Phi) is 5.96. The molecule has 0 atom stereocenters. The monoisotopic (exact) mass is 392 g/mol. The normalized spacial score (nSPS) is 14.8. The van der Waals surface area contributed by atoms with Crippen molar-refractivity contribution in [3.8, 4) is 0 Å². The van der Waals surface area contributed by atoms with Crippen LogP contribution in [0.25, 0.3) is 0 Å². The second kappa shape index (κ2) is 7.87. The van der Waals surface area contributed by atoms with Crippen molar-refractivity contribution >= 4 is 23.7 Å². The highest BCUT2D eigenvalue weighted by molar-refractivity contribution is 5.77. The van der Waals surface area contributed by atoms with E-state index in [4.69, 9.17) is 9.47 Å². The number of hydrogen-bond acceptors (Lipinski definition) is 8. The average Bonchev–Trinajstić information content (AvgIpc) is 2.92. The standard InChI is InChI=1S/C19H24N2O7/c1-18(2,3)27-16(22)26-17(23)28-19(4,5)9-8-13-10-12-11-14(21(24)25)6-7-15(12)20-13/h6-8,11,20H,9-10H2,1-5H3. The highest BCUT2D eigenvalue weighted by atomic mass is 16.8. The first-order valence-corrected chi connectivity index (χ1v) is 8.72. The van der Waals surface area contributed by atoms with E-state index in [1.54, 1.807) is 40.7 Å². The van der Waals surface area contributed by atoms with Crippen LogP contribution < -0.4 is 5.32 Å². The summed E-state index contributed by atoms with van der Waals surface area (Å²) in [6, 6.07) is 4.63. The minimum atomic E-state index is -1.14. The molecular formula is C19H24N2O7. The van der Waals surface area contributed by atoms with Crippen LogP contribution in [0.15, 0.2) is 30.0 Å². The van der Waals surface area contributed by atoms with E-state index in [1.165, 1.54) is 12.1 Å². The highest BCUT2D eigenvalue weighted by Gasteiger charge is 2.27. The van der Waals surface area contributed by atoms with Gasteiger partial charge in [0.1, 0.15) is 11.2 Å². The number of benzene rings is 1. The molecule has 28 heavy (non-hydrogen) atoms. The number of ether oxygens (including phenoxy) is 3. The Labute approximate surface area is 162 Å². The molecule has 0 bridgehead atoms. The zero-order valence-electron chi connectivity index (χ0n) is 16.5. The van der Waals surface area contributed by atoms with Gasteiger partial charge >= 0.3 is 12.3 Å². The summed E-state index contributed by atoms with van der Waals surface area (Å²) < 4.78 is 14.6. The summed E-state index contributed by atoms with van der Waals surface area (Å²) in [4.78, 5) is 33.7. The molecule has 1 aliphatic rings. The molecule has 0 saturated carbocycles. The van der Waals surface area contributed by atoms with Gasteiger partial charge in [-0.2, -0.15) is 0 Å². The molecule has 0 saturated heterocycles. The summed E-state index contributed by atoms with van der Waals surface area (Å²) in [5.41, 5.74) is 0.788. The Morgan fingerprint density at radius 1 is 1.18 bits per heavy atom. The fourth-order valence-corrected chi connectivity index (χ4v) is 2.50. The van der Waals surface area contributed by atoms with E-state index in [9.17, 15) is 19.7 Å². The summed E-state index contributed by atoms with van der Waals surface area (Å²) in [6.07, 6.45) is 0.425. The van der Waals surface area contributed by atoms with Crippen molar-refractivity contribution in [3.63, 3.8) is 0 Å². The molecule has 0 radical (unpaired) electrons. The van der Waals surface area contributed by atoms with Gasteiger partial charge in [-0.25, -0.2) is 9.59 Å². The number of nitrogens with one attached hydrogen (secondary N) is 1. The molecule has 0 aromatic heterocycles. The molecular weight excluding hydrogens is 368 g/mol. The Morgan fingerprint density at radius 3 is 2.43 bits per heavy atom. The number of nitro groups is 1. The lowest BCUT2D eigenvalue weighted by atomic mass is 10.0. The summed E-state index contributed by atoms with van der Waals surface area (Å²) in [6.45, 7) is 8.30. The van der Waals surface area contributed by atoms with E-state index in [2.05, 4.69) is 10.1 Å². The lowest BCUT2D eigenvalue weighted by Gasteiger charge is -2.23. The van der Waals surface area contributed by atoms with E-state index in [1.807, 2.05) is 6.08 Å². The predicted octanol–water partition coefficient (Wildman–Crippen LogP) is 4.70. The summed E-state index contributed by atoms with van der Waals surface area (Å²) in [5.74, 6) is 0. The van der Waals surface area contributed by atoms with Crippen LogP contribution in [0.4, 0.5) is 21.0 Å². The number of nitro benzene ring substituents is 1. The fraction of sp³-hybridized carbons (Fsp3) is 0.474. The number of fused-ring (bicyclic) bond motifs is 1. The number of carbonyl (C=O) groups is 2. The van der Waals surface area contributed by atoms with Crippen LogP contribution in [0.2, 0.25) is 0 Å². The van der Waals surface area contributed by atoms with E-state index in [0.717, 1.165) is 16.9 Å². The van der Waals surface area contributed by atoms with E-state index in [-0.39, 0.29) is 5.69 Å². The molecule has 0 unspecified atom stereocenters. The lowest BCUT2D eigenvalue weighted by Crippen LogP contribution is -2.31. The van der Waals surface area contributed by atoms with Gasteiger partial charge in [-0.05, 0) is 46.2 Å². The number of rotatable bonds is 4. The van der Waals surface area contributed by atoms with Crippen LogP contribution in [-0.2, 0) is 20.6 Å². The Morgan fingerprint density at radius 2 is 1.82 bits per heavy atom. The van der Waals surface area contributed by atoms with Gasteiger partial charge in [-0.3, -0.25) is 10.1 Å². The maximum Gasteiger partial charge on any atom is 0.519 e. The van der Waals surface area contributed by atoms with Crippen LogP contribution in [0.1, 0.15) is 46.6 Å². The van der Waals surface area contributed by atoms with Crippen molar-refractivity contribution in [2.24, 2.45) is 0 Å². The van der Waals surface area contributed by atoms with Crippen LogP contribution in [0.5, 0.6) is 0 Å². The van der Waals surface area contributed by atoms with E-state index in [0.29, 0.717) is 12.8 Å². The van der Waals surface area contributed by atoms with Gasteiger partial charge in [-0.15, -0.1) is 0 Å². The van der Waals surface area contributed by atoms with Gasteiger partial charge in [0.05, 0.1) is 4.92 Å². The second-order valence-electron chi connectivity index (χ2n) is 8.01. The molecule has 1 aromatic rings. The third-order valence-electron chi connectivity index (χ3n) is 3.73. The summed E-state index contributed by atoms with van der Waals surface area (Å²) in [7, 11) is 0. The molecule has 0 amide bonds. The zero-order chi connectivity index (χ0) is 21.1. The lowest BCUT2D eigenvalue weighted by molar-refractivity contribution is -0.384. The van der Waals surface area contributed by atoms with Crippen LogP contribution in [0.3, 0.4) is 0 Å². The summed E-state index contributed by atoms with van der Waals surface area (Å²) >= 11 is 0. The minimum Gasteiger partial charge on any atom is -0.428 e. The zero-order valence-corrected chi connectivity index (χ0v) is 16.5. The van der Waals surface area contributed by atoms with Gasteiger partial charge in [-0.1, -0.05) is 6.08 Å². The molecule has 9 heteroatoms. The van der Waals surface area contributed by atoms with E-state index >= 15 is 0 Å². The Balaban J connectivity index is 1.91. The molecule has 9 nitrogen and oxygen atoms in total. The molecule has 0 fully saturated rings. The number of allylic oxidation sites excluding steroid dienone is 1. The minimum absolute atomic E-state index is 0.0374. The van der Waals surface area contributed by atoms with Crippen molar-refractivity contribution in [1.82, 2.24) is 0 Å². The molecule has 1 heterocycles.